The van der Waals surface area contributed by atoms with Gasteiger partial charge in [-0.25, -0.2) is 0 Å². The lowest BCUT2D eigenvalue weighted by Crippen LogP contribution is -2.54. The molecule has 1 fully saturated rings. The maximum atomic E-state index is 12.2. The van der Waals surface area contributed by atoms with E-state index in [1.807, 2.05) is 11.8 Å². The Labute approximate surface area is 141 Å². The van der Waals surface area contributed by atoms with Crippen LogP contribution in [0.15, 0.2) is 24.3 Å². The summed E-state index contributed by atoms with van der Waals surface area (Å²) in [6, 6.07) is 6.96. The molecule has 1 saturated carbocycles. The number of carboxylic acid groups (broad SMARTS) is 1. The summed E-state index contributed by atoms with van der Waals surface area (Å²) in [5.74, 6) is -0.928. The van der Waals surface area contributed by atoms with Crippen LogP contribution in [0.2, 0.25) is 0 Å². The van der Waals surface area contributed by atoms with Gasteiger partial charge >= 0.3 is 5.97 Å². The highest BCUT2D eigenvalue weighted by atomic mass is 16.4. The van der Waals surface area contributed by atoms with Crippen molar-refractivity contribution in [2.75, 3.05) is 13.1 Å². The SMILES string of the molecule is CCC(=O)c1ccc(C(=O)NC2CC(N(CC)CC(=O)O)C2)cc1. The molecular formula is C18H24N2O4. The number of Topliss-reactive ketones (excluding diaryl/α,β-unsaturated/α-hetero) is 1. The van der Waals surface area contributed by atoms with Crippen LogP contribution in [0.5, 0.6) is 0 Å². The first kappa shape index (κ1) is 18.1. The second kappa shape index (κ2) is 8.06. The molecular weight excluding hydrogens is 308 g/mol. The molecule has 0 unspecified atom stereocenters. The van der Waals surface area contributed by atoms with Crippen LogP contribution in [0, 0.1) is 0 Å². The van der Waals surface area contributed by atoms with Crippen LogP contribution in [0.3, 0.4) is 0 Å². The van der Waals surface area contributed by atoms with E-state index in [1.165, 1.54) is 0 Å². The zero-order valence-corrected chi connectivity index (χ0v) is 14.1. The van der Waals surface area contributed by atoms with E-state index in [0.29, 0.717) is 24.1 Å². The van der Waals surface area contributed by atoms with E-state index in [-0.39, 0.29) is 30.3 Å². The van der Waals surface area contributed by atoms with E-state index in [1.54, 1.807) is 31.2 Å². The number of hydrogen-bond donors (Lipinski definition) is 2. The second-order valence-corrected chi connectivity index (χ2v) is 6.11. The number of hydrogen-bond acceptors (Lipinski definition) is 4. The van der Waals surface area contributed by atoms with Gasteiger partial charge in [0.1, 0.15) is 0 Å². The summed E-state index contributed by atoms with van der Waals surface area (Å²) in [5, 5.41) is 11.8. The maximum absolute atomic E-state index is 12.2. The number of carboxylic acids is 1. The number of ketones is 1. The summed E-state index contributed by atoms with van der Waals surface area (Å²) in [6.45, 7) is 4.47. The normalized spacial score (nSPS) is 19.6. The van der Waals surface area contributed by atoms with Crippen molar-refractivity contribution in [2.45, 2.75) is 45.2 Å². The molecule has 2 rings (SSSR count). The minimum Gasteiger partial charge on any atom is -0.480 e. The zero-order valence-electron chi connectivity index (χ0n) is 14.1. The Morgan fingerprint density at radius 3 is 2.21 bits per heavy atom. The van der Waals surface area contributed by atoms with Gasteiger partial charge < -0.3 is 10.4 Å². The Bertz CT molecular complexity index is 606. The molecule has 0 aromatic heterocycles. The molecule has 0 radical (unpaired) electrons. The van der Waals surface area contributed by atoms with Crippen molar-refractivity contribution in [2.24, 2.45) is 0 Å². The maximum Gasteiger partial charge on any atom is 0.317 e. The Morgan fingerprint density at radius 1 is 1.12 bits per heavy atom. The van der Waals surface area contributed by atoms with Gasteiger partial charge in [-0.3, -0.25) is 19.3 Å². The smallest absolute Gasteiger partial charge is 0.317 e. The molecule has 0 aliphatic heterocycles. The van der Waals surface area contributed by atoms with Crippen LogP contribution in [-0.4, -0.2) is 52.8 Å². The van der Waals surface area contributed by atoms with Gasteiger partial charge in [-0.05, 0) is 31.5 Å². The van der Waals surface area contributed by atoms with Crippen molar-refractivity contribution in [3.05, 3.63) is 35.4 Å². The molecule has 24 heavy (non-hydrogen) atoms. The van der Waals surface area contributed by atoms with Crippen LogP contribution in [0.1, 0.15) is 53.8 Å². The summed E-state index contributed by atoms with van der Waals surface area (Å²) in [7, 11) is 0. The number of aliphatic carboxylic acids is 1. The molecule has 2 N–H and O–H groups in total. The third-order valence-corrected chi connectivity index (χ3v) is 4.50. The highest BCUT2D eigenvalue weighted by Crippen LogP contribution is 2.25. The fourth-order valence-corrected chi connectivity index (χ4v) is 2.96. The lowest BCUT2D eigenvalue weighted by atomic mass is 9.85. The highest BCUT2D eigenvalue weighted by Gasteiger charge is 2.34. The molecule has 6 nitrogen and oxygen atoms in total. The van der Waals surface area contributed by atoms with Crippen LogP contribution in [-0.2, 0) is 4.79 Å². The van der Waals surface area contributed by atoms with Gasteiger partial charge in [0, 0.05) is 29.6 Å². The molecule has 1 aromatic rings. The quantitative estimate of drug-likeness (QED) is 0.711. The van der Waals surface area contributed by atoms with Gasteiger partial charge in [0.05, 0.1) is 6.54 Å². The minimum atomic E-state index is -0.828. The first-order valence-electron chi connectivity index (χ1n) is 8.34. The summed E-state index contributed by atoms with van der Waals surface area (Å²) in [6.07, 6.45) is 1.97. The van der Waals surface area contributed by atoms with Crippen LogP contribution in [0.4, 0.5) is 0 Å². The Hall–Kier alpha value is -2.21. The number of nitrogens with zero attached hydrogens (tertiary/aromatic N) is 1. The molecule has 0 atom stereocenters. The van der Waals surface area contributed by atoms with Gasteiger partial charge in [0.2, 0.25) is 0 Å². The number of carbonyl (C=O) groups excluding carboxylic acids is 2. The predicted octanol–water partition coefficient (Wildman–Crippen LogP) is 1.95. The molecule has 0 saturated heterocycles. The third-order valence-electron chi connectivity index (χ3n) is 4.50. The Balaban J connectivity index is 1.84. The molecule has 130 valence electrons. The average Bonchev–Trinajstić information content (AvgIpc) is 2.54. The molecule has 0 bridgehead atoms. The topological polar surface area (TPSA) is 86.7 Å². The molecule has 1 amide bonds. The molecule has 1 aliphatic carbocycles. The Kier molecular flexibility index (Phi) is 6.09. The summed E-state index contributed by atoms with van der Waals surface area (Å²) >= 11 is 0. The van der Waals surface area contributed by atoms with Crippen LogP contribution >= 0.6 is 0 Å². The van der Waals surface area contributed by atoms with Crippen LogP contribution < -0.4 is 5.32 Å². The fraction of sp³-hybridized carbons (Fsp3) is 0.500. The number of carbonyl (C=O) groups is 3. The van der Waals surface area contributed by atoms with Crippen molar-refractivity contribution in [1.29, 1.82) is 0 Å². The molecule has 1 aromatic carbocycles. The average molecular weight is 332 g/mol. The predicted molar refractivity (Wildman–Crippen MR) is 90.2 cm³/mol. The van der Waals surface area contributed by atoms with Gasteiger partial charge in [0.25, 0.3) is 5.91 Å². The van der Waals surface area contributed by atoms with Gasteiger partial charge in [-0.2, -0.15) is 0 Å². The van der Waals surface area contributed by atoms with Crippen molar-refractivity contribution in [3.63, 3.8) is 0 Å². The van der Waals surface area contributed by atoms with Crippen molar-refractivity contribution in [3.8, 4) is 0 Å². The second-order valence-electron chi connectivity index (χ2n) is 6.11. The van der Waals surface area contributed by atoms with Crippen molar-refractivity contribution in [1.82, 2.24) is 10.2 Å². The minimum absolute atomic E-state index is 0.0365. The summed E-state index contributed by atoms with van der Waals surface area (Å²) in [4.78, 5) is 36.5. The van der Waals surface area contributed by atoms with E-state index >= 15 is 0 Å². The first-order valence-corrected chi connectivity index (χ1v) is 8.34. The van der Waals surface area contributed by atoms with Gasteiger partial charge in [-0.1, -0.05) is 26.0 Å². The van der Waals surface area contributed by atoms with E-state index in [0.717, 1.165) is 12.8 Å². The first-order chi connectivity index (χ1) is 11.4. The third kappa shape index (κ3) is 4.41. The molecule has 6 heteroatoms. The highest BCUT2D eigenvalue weighted by molar-refractivity contribution is 5.98. The summed E-state index contributed by atoms with van der Waals surface area (Å²) < 4.78 is 0. The fourth-order valence-electron chi connectivity index (χ4n) is 2.96. The van der Waals surface area contributed by atoms with E-state index in [4.69, 9.17) is 5.11 Å². The largest absolute Gasteiger partial charge is 0.480 e. The summed E-state index contributed by atoms with van der Waals surface area (Å²) in [5.41, 5.74) is 1.15. The van der Waals surface area contributed by atoms with Crippen molar-refractivity contribution < 1.29 is 19.5 Å². The van der Waals surface area contributed by atoms with E-state index in [2.05, 4.69) is 5.32 Å². The lowest BCUT2D eigenvalue weighted by molar-refractivity contribution is -0.139. The molecule has 0 heterocycles. The number of amides is 1. The number of likely N-dealkylation sites (N-methyl/N-ethyl adjacent to an activating group) is 1. The van der Waals surface area contributed by atoms with Crippen LogP contribution in [0.25, 0.3) is 0 Å². The Morgan fingerprint density at radius 2 is 1.71 bits per heavy atom. The van der Waals surface area contributed by atoms with Gasteiger partial charge in [-0.15, -0.1) is 0 Å². The van der Waals surface area contributed by atoms with E-state index in [9.17, 15) is 14.4 Å². The number of benzene rings is 1. The zero-order chi connectivity index (χ0) is 17.7. The lowest BCUT2D eigenvalue weighted by Gasteiger charge is -2.42. The number of nitrogens with one attached hydrogen (secondary N) is 1. The van der Waals surface area contributed by atoms with E-state index < -0.39 is 5.97 Å². The monoisotopic (exact) mass is 332 g/mol. The number of rotatable bonds is 8. The standard InChI is InChI=1S/C18H24N2O4/c1-3-16(21)12-5-7-13(8-6-12)18(24)19-14-9-15(10-14)20(4-2)11-17(22)23/h5-8,14-15H,3-4,9-11H2,1-2H3,(H,19,24)(H,22,23). The molecule has 1 aliphatic rings. The van der Waals surface area contributed by atoms with Crippen molar-refractivity contribution >= 4 is 17.7 Å². The molecule has 0 spiro atoms. The van der Waals surface area contributed by atoms with Gasteiger partial charge in [0.15, 0.2) is 5.78 Å².